The number of nitrogens with zero attached hydrogens (tertiary/aromatic N) is 2. The van der Waals surface area contributed by atoms with E-state index in [0.717, 1.165) is 34.1 Å². The van der Waals surface area contributed by atoms with Crippen molar-refractivity contribution in [2.75, 3.05) is 27.0 Å². The Morgan fingerprint density at radius 3 is 1.57 bits per heavy atom. The molecule has 0 unspecified atom stereocenters. The first-order chi connectivity index (χ1) is 36.8. The van der Waals surface area contributed by atoms with Crippen molar-refractivity contribution in [1.82, 2.24) is 4.98 Å². The third-order valence-electron chi connectivity index (χ3n) is 12.4. The minimum absolute atomic E-state index is 0.0215. The second-order valence-electron chi connectivity index (χ2n) is 17.3. The van der Waals surface area contributed by atoms with Gasteiger partial charge in [-0.2, -0.15) is 5.26 Å². The predicted molar refractivity (Wildman–Crippen MR) is 270 cm³/mol. The fraction of sp³-hybridized carbons (Fsp3) is 0.304. The van der Waals surface area contributed by atoms with Gasteiger partial charge in [0, 0.05) is 36.3 Å². The summed E-state index contributed by atoms with van der Waals surface area (Å²) in [5.41, 5.74) is 2.49. The molecule has 1 heterocycles. The monoisotopic (exact) mass is 1060 g/mol. The van der Waals surface area contributed by atoms with Crippen LogP contribution in [-0.4, -0.2) is 73.8 Å². The van der Waals surface area contributed by atoms with Crippen molar-refractivity contribution in [1.29, 1.82) is 5.26 Å². The van der Waals surface area contributed by atoms with Crippen LogP contribution in [0.25, 0.3) is 20.8 Å². The van der Waals surface area contributed by atoms with E-state index in [2.05, 4.69) is 25.8 Å². The molecule has 19 nitrogen and oxygen atoms in total. The fourth-order valence-electron chi connectivity index (χ4n) is 8.25. The Hall–Kier alpha value is -8.83. The van der Waals surface area contributed by atoms with Crippen molar-refractivity contribution in [3.05, 3.63) is 128 Å². The third-order valence-corrected chi connectivity index (χ3v) is 13.6. The molecular weight excluding hydrogens is 1000 g/mol. The second kappa shape index (κ2) is 26.9. The summed E-state index contributed by atoms with van der Waals surface area (Å²) in [5, 5.41) is 9.99. The second-order valence-corrected chi connectivity index (χ2v) is 18.3. The van der Waals surface area contributed by atoms with Gasteiger partial charge < -0.3 is 47.4 Å². The first kappa shape index (κ1) is 54.9. The maximum atomic E-state index is 13.8. The molecule has 20 heteroatoms. The van der Waals surface area contributed by atoms with Gasteiger partial charge in [-0.05, 0) is 112 Å². The molecule has 0 radical (unpaired) electrons. The van der Waals surface area contributed by atoms with Crippen molar-refractivity contribution >= 4 is 63.3 Å². The molecule has 2 fully saturated rings. The lowest BCUT2D eigenvalue weighted by Gasteiger charge is -2.26. The summed E-state index contributed by atoms with van der Waals surface area (Å²) in [4.78, 5) is 92.5. The zero-order valence-electron chi connectivity index (χ0n) is 41.1. The van der Waals surface area contributed by atoms with Crippen LogP contribution in [0, 0.1) is 35.0 Å². The first-order valence-corrected chi connectivity index (χ1v) is 24.9. The van der Waals surface area contributed by atoms with Crippen LogP contribution in [0.4, 0.5) is 0 Å². The number of nitriles is 1. The molecular formula is C56H52N2O17S. The number of carbonyl (C=O) groups is 7. The SMILES string of the molecule is C=CC(=O)OCOc1ccc(OC(=O)C2CCC(C(=O)OCCc3ccc(OC(=O)C4CCC(C(=O)Oc5ccc(OCOC(=O)C=C)c(OCOC(=O)C=C)c5)CC4)c4nc(-c5ccc(C#N)cc5)sc34)CC2)cc1. The molecule has 5 aromatic rings. The van der Waals surface area contributed by atoms with Gasteiger partial charge in [-0.3, -0.25) is 19.2 Å². The molecule has 2 saturated carbocycles. The van der Waals surface area contributed by atoms with Gasteiger partial charge >= 0.3 is 41.8 Å². The number of carbonyl (C=O) groups excluding carboxylic acids is 7. The first-order valence-electron chi connectivity index (χ1n) is 24.1. The Morgan fingerprint density at radius 1 is 0.539 bits per heavy atom. The molecule has 0 atom stereocenters. The Morgan fingerprint density at radius 2 is 1.01 bits per heavy atom. The van der Waals surface area contributed by atoms with E-state index in [-0.39, 0.29) is 54.2 Å². The summed E-state index contributed by atoms with van der Waals surface area (Å²) in [6.07, 6.45) is 6.44. The van der Waals surface area contributed by atoms with Crippen LogP contribution in [0.1, 0.15) is 62.5 Å². The van der Waals surface area contributed by atoms with Crippen LogP contribution in [-0.2, 0) is 58.9 Å². The van der Waals surface area contributed by atoms with E-state index < -0.39 is 61.2 Å². The Kier molecular flexibility index (Phi) is 19.5. The average molecular weight is 1060 g/mol. The fourth-order valence-corrected chi connectivity index (χ4v) is 9.38. The van der Waals surface area contributed by atoms with Crippen molar-refractivity contribution in [2.24, 2.45) is 23.7 Å². The minimum atomic E-state index is -0.737. The van der Waals surface area contributed by atoms with Crippen LogP contribution in [0.5, 0.6) is 34.5 Å². The number of aromatic nitrogens is 1. The topological polar surface area (TPSA) is 248 Å². The molecule has 7 rings (SSSR count). The van der Waals surface area contributed by atoms with Crippen molar-refractivity contribution < 1.29 is 80.9 Å². The lowest BCUT2D eigenvalue weighted by molar-refractivity contribution is -0.152. The van der Waals surface area contributed by atoms with Crippen LogP contribution in [0.15, 0.2) is 117 Å². The van der Waals surface area contributed by atoms with Crippen molar-refractivity contribution in [2.45, 2.75) is 57.8 Å². The number of ether oxygens (including phenoxy) is 10. The molecule has 4 aromatic carbocycles. The van der Waals surface area contributed by atoms with E-state index in [0.29, 0.717) is 85.4 Å². The maximum Gasteiger partial charge on any atom is 0.333 e. The number of hydrogen-bond acceptors (Lipinski definition) is 20. The zero-order chi connectivity index (χ0) is 54.0. The smallest absolute Gasteiger partial charge is 0.333 e. The predicted octanol–water partition coefficient (Wildman–Crippen LogP) is 8.85. The van der Waals surface area contributed by atoms with Crippen LogP contribution < -0.4 is 28.4 Å². The highest BCUT2D eigenvalue weighted by Crippen LogP contribution is 2.40. The summed E-state index contributed by atoms with van der Waals surface area (Å²) in [6.45, 7) is 8.74. The van der Waals surface area contributed by atoms with E-state index in [1.54, 1.807) is 54.6 Å². The molecule has 2 aliphatic rings. The number of benzene rings is 4. The number of fused-ring (bicyclic) bond motifs is 1. The summed E-state index contributed by atoms with van der Waals surface area (Å²) in [7, 11) is 0. The molecule has 0 amide bonds. The van der Waals surface area contributed by atoms with Gasteiger partial charge in [0.25, 0.3) is 0 Å². The normalized spacial score (nSPS) is 16.8. The van der Waals surface area contributed by atoms with Crippen LogP contribution in [0.2, 0.25) is 0 Å². The average Bonchev–Trinajstić information content (AvgIpc) is 3.91. The highest BCUT2D eigenvalue weighted by Gasteiger charge is 2.34. The maximum absolute atomic E-state index is 13.8. The lowest BCUT2D eigenvalue weighted by atomic mass is 9.82. The Balaban J connectivity index is 0.922. The molecule has 0 aliphatic heterocycles. The summed E-state index contributed by atoms with van der Waals surface area (Å²) >= 11 is 1.37. The standard InChI is InChI=1S/C56H52N2O17S/c1-4-47(59)70-31-67-41-20-22-42(23-21-41)73-54(63)38-13-11-37(12-14-38)53(62)66-28-27-35-19-25-45(50-51(35)76-52(58-50)36-9-7-34(30-57)8-10-36)75-56(65)40-17-15-39(16-18-40)55(64)74-43-24-26-44(68-32-71-48(60)5-2)46(29-43)69-33-72-49(61)6-3/h4-10,19-26,29,37-40H,1-3,11-18,27-28,31-33H2. The molecule has 2 aliphatic carbocycles. The van der Waals surface area contributed by atoms with Crippen LogP contribution in [0.3, 0.4) is 0 Å². The lowest BCUT2D eigenvalue weighted by Crippen LogP contribution is -2.30. The number of esters is 7. The zero-order valence-corrected chi connectivity index (χ0v) is 41.9. The van der Waals surface area contributed by atoms with Crippen molar-refractivity contribution in [3.8, 4) is 51.1 Å². The van der Waals surface area contributed by atoms with E-state index in [1.165, 1.54) is 29.5 Å². The highest BCUT2D eigenvalue weighted by atomic mass is 32.1. The minimum Gasteiger partial charge on any atom is -0.465 e. The summed E-state index contributed by atoms with van der Waals surface area (Å²) in [5.74, 6) is -4.48. The molecule has 0 bridgehead atoms. The molecule has 0 saturated heterocycles. The van der Waals surface area contributed by atoms with Gasteiger partial charge in [0.2, 0.25) is 20.4 Å². The van der Waals surface area contributed by atoms with Gasteiger partial charge in [-0.15, -0.1) is 11.3 Å². The van der Waals surface area contributed by atoms with Gasteiger partial charge in [-0.1, -0.05) is 37.9 Å². The number of rotatable bonds is 23. The third kappa shape index (κ3) is 15.1. The summed E-state index contributed by atoms with van der Waals surface area (Å²) in [6, 6.07) is 23.1. The molecule has 0 N–H and O–H groups in total. The van der Waals surface area contributed by atoms with E-state index in [4.69, 9.17) is 52.4 Å². The molecule has 0 spiro atoms. The van der Waals surface area contributed by atoms with Crippen molar-refractivity contribution in [3.63, 3.8) is 0 Å². The van der Waals surface area contributed by atoms with E-state index in [1.807, 2.05) is 6.07 Å². The van der Waals surface area contributed by atoms with Crippen LogP contribution >= 0.6 is 11.3 Å². The number of hydrogen-bond donors (Lipinski definition) is 0. The Labute approximate surface area is 440 Å². The van der Waals surface area contributed by atoms with Gasteiger partial charge in [0.1, 0.15) is 27.8 Å². The highest BCUT2D eigenvalue weighted by molar-refractivity contribution is 7.21. The van der Waals surface area contributed by atoms with E-state index in [9.17, 15) is 38.8 Å². The molecule has 76 heavy (non-hydrogen) atoms. The number of thiazole rings is 1. The largest absolute Gasteiger partial charge is 0.465 e. The quantitative estimate of drug-likeness (QED) is 0.0195. The molecule has 1 aromatic heterocycles. The Bertz CT molecular complexity index is 3000. The van der Waals surface area contributed by atoms with Gasteiger partial charge in [-0.25, -0.2) is 19.4 Å². The van der Waals surface area contributed by atoms with Gasteiger partial charge in [0.15, 0.2) is 17.2 Å². The molecule has 394 valence electrons. The van der Waals surface area contributed by atoms with E-state index >= 15 is 0 Å². The van der Waals surface area contributed by atoms with Gasteiger partial charge in [0.05, 0.1) is 46.6 Å². The summed E-state index contributed by atoms with van der Waals surface area (Å²) < 4.78 is 54.7.